The van der Waals surface area contributed by atoms with Crippen molar-refractivity contribution in [2.75, 3.05) is 5.75 Å². The molecule has 0 bridgehead atoms. The first-order valence-electron chi connectivity index (χ1n) is 6.75. The summed E-state index contributed by atoms with van der Waals surface area (Å²) in [5.74, 6) is 1.22. The van der Waals surface area contributed by atoms with Crippen LogP contribution in [0.3, 0.4) is 0 Å². The van der Waals surface area contributed by atoms with Crippen molar-refractivity contribution >= 4 is 23.1 Å². The van der Waals surface area contributed by atoms with E-state index in [0.717, 1.165) is 6.54 Å². The molecule has 0 radical (unpaired) electrons. The number of thioether (sulfide) groups is 1. The molecule has 3 rings (SSSR count). The lowest BCUT2D eigenvalue weighted by Gasteiger charge is -2.26. The van der Waals surface area contributed by atoms with Gasteiger partial charge in [0.25, 0.3) is 0 Å². The van der Waals surface area contributed by atoms with Crippen LogP contribution in [0.15, 0.2) is 35.2 Å². The molecule has 0 amide bonds. The van der Waals surface area contributed by atoms with Crippen molar-refractivity contribution < 1.29 is 0 Å². The van der Waals surface area contributed by atoms with E-state index in [1.54, 1.807) is 0 Å². The van der Waals surface area contributed by atoms with Crippen LogP contribution in [0.25, 0.3) is 0 Å². The second-order valence-electron chi connectivity index (χ2n) is 5.05. The molecular formula is C16H19NS2. The van der Waals surface area contributed by atoms with E-state index in [0.29, 0.717) is 6.04 Å². The first-order valence-corrected chi connectivity index (χ1v) is 8.55. The molecule has 3 heteroatoms. The van der Waals surface area contributed by atoms with Gasteiger partial charge in [-0.2, -0.15) is 0 Å². The molecule has 19 heavy (non-hydrogen) atoms. The molecule has 1 atom stereocenters. The number of hydrogen-bond donors (Lipinski definition) is 1. The predicted molar refractivity (Wildman–Crippen MR) is 85.2 cm³/mol. The van der Waals surface area contributed by atoms with Crippen LogP contribution in [0, 0.1) is 13.8 Å². The highest BCUT2D eigenvalue weighted by Gasteiger charge is 2.19. The average molecular weight is 289 g/mol. The van der Waals surface area contributed by atoms with E-state index in [1.165, 1.54) is 38.0 Å². The van der Waals surface area contributed by atoms with Gasteiger partial charge in [-0.3, -0.25) is 0 Å². The van der Waals surface area contributed by atoms with E-state index in [1.807, 2.05) is 23.1 Å². The van der Waals surface area contributed by atoms with Crippen molar-refractivity contribution in [2.24, 2.45) is 0 Å². The highest BCUT2D eigenvalue weighted by atomic mass is 32.2. The van der Waals surface area contributed by atoms with Crippen molar-refractivity contribution in [3.05, 3.63) is 51.2 Å². The van der Waals surface area contributed by atoms with E-state index in [4.69, 9.17) is 0 Å². The fourth-order valence-electron chi connectivity index (χ4n) is 2.65. The lowest BCUT2D eigenvalue weighted by molar-refractivity contribution is 0.510. The molecule has 1 unspecified atom stereocenters. The molecule has 1 aliphatic rings. The number of aryl methyl sites for hydroxylation is 2. The fourth-order valence-corrected chi connectivity index (χ4v) is 4.72. The van der Waals surface area contributed by atoms with E-state index < -0.39 is 0 Å². The maximum atomic E-state index is 3.74. The Bertz CT molecular complexity index is 574. The van der Waals surface area contributed by atoms with Gasteiger partial charge in [0, 0.05) is 27.2 Å². The van der Waals surface area contributed by atoms with Crippen LogP contribution < -0.4 is 5.32 Å². The summed E-state index contributed by atoms with van der Waals surface area (Å²) in [5, 5.41) is 3.74. The summed E-state index contributed by atoms with van der Waals surface area (Å²) >= 11 is 3.88. The van der Waals surface area contributed by atoms with Gasteiger partial charge < -0.3 is 5.32 Å². The maximum Gasteiger partial charge on any atom is 0.0342 e. The largest absolute Gasteiger partial charge is 0.306 e. The predicted octanol–water partition coefficient (Wildman–Crippen LogP) is 4.69. The Hall–Kier alpha value is -0.770. The monoisotopic (exact) mass is 289 g/mol. The number of nitrogens with one attached hydrogen (secondary N) is 1. The summed E-state index contributed by atoms with van der Waals surface area (Å²) in [4.78, 5) is 4.31. The Kier molecular flexibility index (Phi) is 3.96. The molecule has 0 aliphatic carbocycles. The van der Waals surface area contributed by atoms with Crippen LogP contribution in [0.4, 0.5) is 0 Å². The van der Waals surface area contributed by atoms with Gasteiger partial charge in [-0.1, -0.05) is 18.2 Å². The van der Waals surface area contributed by atoms with Gasteiger partial charge in [0.2, 0.25) is 0 Å². The van der Waals surface area contributed by atoms with Gasteiger partial charge in [-0.25, -0.2) is 0 Å². The molecule has 1 nitrogen and oxygen atoms in total. The molecule has 100 valence electrons. The zero-order valence-corrected chi connectivity index (χ0v) is 13.0. The number of thiophene rings is 1. The molecule has 1 N–H and O–H groups in total. The van der Waals surface area contributed by atoms with Gasteiger partial charge in [-0.15, -0.1) is 23.1 Å². The topological polar surface area (TPSA) is 12.0 Å². The fraction of sp³-hybridized carbons (Fsp3) is 0.375. The first kappa shape index (κ1) is 13.2. The molecular weight excluding hydrogens is 270 g/mol. The molecule has 0 saturated carbocycles. The van der Waals surface area contributed by atoms with Crippen molar-refractivity contribution in [2.45, 2.75) is 37.8 Å². The third kappa shape index (κ3) is 2.88. The van der Waals surface area contributed by atoms with Gasteiger partial charge in [-0.05, 0) is 49.3 Å². The van der Waals surface area contributed by atoms with Crippen LogP contribution in [-0.4, -0.2) is 5.75 Å². The van der Waals surface area contributed by atoms with Crippen LogP contribution in [0.2, 0.25) is 0 Å². The van der Waals surface area contributed by atoms with Crippen LogP contribution in [0.5, 0.6) is 0 Å². The van der Waals surface area contributed by atoms with Gasteiger partial charge in [0.1, 0.15) is 0 Å². The number of hydrogen-bond acceptors (Lipinski definition) is 3. The molecule has 0 saturated heterocycles. The Morgan fingerprint density at radius 2 is 2.11 bits per heavy atom. The lowest BCUT2D eigenvalue weighted by Crippen LogP contribution is -2.24. The van der Waals surface area contributed by atoms with E-state index in [-0.39, 0.29) is 0 Å². The van der Waals surface area contributed by atoms with Crippen LogP contribution in [0.1, 0.15) is 33.3 Å². The minimum absolute atomic E-state index is 0.511. The molecule has 0 fully saturated rings. The second-order valence-corrected chi connectivity index (χ2v) is 7.64. The van der Waals surface area contributed by atoms with Crippen molar-refractivity contribution in [3.8, 4) is 0 Å². The van der Waals surface area contributed by atoms with E-state index >= 15 is 0 Å². The standard InChI is InChI=1S/C16H19NS2/c1-11-9-13(12(2)19-11)10-17-15-7-8-18-16-6-4-3-5-14(15)16/h3-6,9,15,17H,7-8,10H2,1-2H3. The highest BCUT2D eigenvalue weighted by Crippen LogP contribution is 2.36. The number of fused-ring (bicyclic) bond motifs is 1. The molecule has 1 aromatic heterocycles. The first-order chi connectivity index (χ1) is 9.24. The van der Waals surface area contributed by atoms with Gasteiger partial charge >= 0.3 is 0 Å². The van der Waals surface area contributed by atoms with Gasteiger partial charge in [0.15, 0.2) is 0 Å². The number of benzene rings is 1. The Balaban J connectivity index is 1.73. The Labute approximate surface area is 123 Å². The summed E-state index contributed by atoms with van der Waals surface area (Å²) in [5.41, 5.74) is 2.93. The van der Waals surface area contributed by atoms with Crippen LogP contribution in [-0.2, 0) is 6.54 Å². The molecule has 2 heterocycles. The molecule has 1 aromatic carbocycles. The minimum atomic E-state index is 0.511. The Morgan fingerprint density at radius 3 is 2.89 bits per heavy atom. The average Bonchev–Trinajstić information content (AvgIpc) is 2.74. The Morgan fingerprint density at radius 1 is 1.26 bits per heavy atom. The summed E-state index contributed by atoms with van der Waals surface area (Å²) in [6.45, 7) is 5.40. The van der Waals surface area contributed by atoms with E-state index in [9.17, 15) is 0 Å². The third-order valence-corrected chi connectivity index (χ3v) is 5.77. The molecule has 1 aliphatic heterocycles. The normalized spacial score (nSPS) is 18.3. The smallest absolute Gasteiger partial charge is 0.0342 e. The SMILES string of the molecule is Cc1cc(CNC2CCSc3ccccc32)c(C)s1. The van der Waals surface area contributed by atoms with Crippen molar-refractivity contribution in [1.82, 2.24) is 5.32 Å². The molecule has 0 spiro atoms. The second kappa shape index (κ2) is 5.70. The van der Waals surface area contributed by atoms with Gasteiger partial charge in [0.05, 0.1) is 0 Å². The zero-order valence-electron chi connectivity index (χ0n) is 11.4. The highest BCUT2D eigenvalue weighted by molar-refractivity contribution is 7.99. The van der Waals surface area contributed by atoms with Crippen LogP contribution >= 0.6 is 23.1 Å². The summed E-state index contributed by atoms with van der Waals surface area (Å²) < 4.78 is 0. The summed E-state index contributed by atoms with van der Waals surface area (Å²) in [6, 6.07) is 11.6. The summed E-state index contributed by atoms with van der Waals surface area (Å²) in [6.07, 6.45) is 1.23. The van der Waals surface area contributed by atoms with E-state index in [2.05, 4.69) is 49.5 Å². The minimum Gasteiger partial charge on any atom is -0.306 e. The summed E-state index contributed by atoms with van der Waals surface area (Å²) in [7, 11) is 0. The van der Waals surface area contributed by atoms with Crippen molar-refractivity contribution in [1.29, 1.82) is 0 Å². The maximum absolute atomic E-state index is 3.74. The molecule has 2 aromatic rings. The quantitative estimate of drug-likeness (QED) is 0.879. The van der Waals surface area contributed by atoms with Crippen molar-refractivity contribution in [3.63, 3.8) is 0 Å². The third-order valence-electron chi connectivity index (χ3n) is 3.64. The zero-order chi connectivity index (χ0) is 13.2. The number of rotatable bonds is 3. The lowest BCUT2D eigenvalue weighted by atomic mass is 10.0.